The number of anilines is 5. The molecule has 0 aliphatic heterocycles. The van der Waals surface area contributed by atoms with Crippen LogP contribution >= 0.6 is 22.9 Å². The van der Waals surface area contributed by atoms with Gasteiger partial charge >= 0.3 is 0 Å². The van der Waals surface area contributed by atoms with E-state index in [0.717, 1.165) is 24.3 Å². The van der Waals surface area contributed by atoms with E-state index in [1.54, 1.807) is 49.6 Å². The molecule has 1 amide bonds. The summed E-state index contributed by atoms with van der Waals surface area (Å²) in [6.45, 7) is 6.53. The molecule has 3 aromatic rings. The van der Waals surface area contributed by atoms with Gasteiger partial charge in [-0.25, -0.2) is 13.4 Å². The topological polar surface area (TPSA) is 116 Å². The first-order chi connectivity index (χ1) is 16.6. The molecule has 0 aliphatic rings. The van der Waals surface area contributed by atoms with Gasteiger partial charge in [0, 0.05) is 11.4 Å². The first kappa shape index (κ1) is 26.9. The van der Waals surface area contributed by atoms with E-state index in [1.807, 2.05) is 11.9 Å². The Balaban J connectivity index is 1.69. The molecule has 0 aliphatic carbocycles. The third kappa shape index (κ3) is 7.14. The monoisotopic (exact) mass is 536 g/mol. The van der Waals surface area contributed by atoms with Gasteiger partial charge in [0.05, 0.1) is 23.7 Å². The van der Waals surface area contributed by atoms with Crippen LogP contribution in [0.2, 0.25) is 5.02 Å². The average molecular weight is 537 g/mol. The Morgan fingerprint density at radius 2 is 1.83 bits per heavy atom. The van der Waals surface area contributed by atoms with Gasteiger partial charge in [0.25, 0.3) is 0 Å². The molecular weight excluding hydrogens is 508 g/mol. The standard InChI is InChI=1S/C23H29ClN6O3S2/c1-5-11-30(4)14-20(31)26-16-6-8-17(9-7-16)27-23-25-13-18(24)21(29-23)28-19-10-12-34-22(19)35(32,33)15(2)3/h6-10,12-13,15H,5,11,14H2,1-4H3,(H,26,31)(H2,25,27,28,29). The van der Waals surface area contributed by atoms with Crippen LogP contribution in [0.1, 0.15) is 27.2 Å². The first-order valence-electron chi connectivity index (χ1n) is 11.1. The molecule has 0 saturated heterocycles. The smallest absolute Gasteiger partial charge is 0.238 e. The number of nitrogens with one attached hydrogen (secondary N) is 3. The summed E-state index contributed by atoms with van der Waals surface area (Å²) in [7, 11) is -1.55. The maximum absolute atomic E-state index is 12.6. The number of rotatable bonds is 11. The molecule has 3 N–H and O–H groups in total. The van der Waals surface area contributed by atoms with E-state index in [4.69, 9.17) is 11.6 Å². The van der Waals surface area contributed by atoms with Gasteiger partial charge in [-0.05, 0) is 69.6 Å². The number of hydrogen-bond acceptors (Lipinski definition) is 9. The summed E-state index contributed by atoms with van der Waals surface area (Å²) < 4.78 is 25.5. The summed E-state index contributed by atoms with van der Waals surface area (Å²) in [6.07, 6.45) is 2.42. The molecular formula is C23H29ClN6O3S2. The van der Waals surface area contributed by atoms with E-state index in [-0.39, 0.29) is 26.9 Å². The van der Waals surface area contributed by atoms with Gasteiger partial charge in [-0.3, -0.25) is 9.69 Å². The lowest BCUT2D eigenvalue weighted by Crippen LogP contribution is -2.30. The number of carbonyl (C=O) groups excluding carboxylic acids is 1. The Kier molecular flexibility index (Phi) is 9.06. The molecule has 0 bridgehead atoms. The van der Waals surface area contributed by atoms with Crippen molar-refractivity contribution in [3.8, 4) is 0 Å². The first-order valence-corrected chi connectivity index (χ1v) is 13.9. The number of aromatic nitrogens is 2. The SMILES string of the molecule is CCCN(C)CC(=O)Nc1ccc(Nc2ncc(Cl)c(Nc3ccsc3S(=O)(=O)C(C)C)n2)cc1. The van der Waals surface area contributed by atoms with Gasteiger partial charge in [0.1, 0.15) is 9.23 Å². The molecule has 0 spiro atoms. The Bertz CT molecular complexity index is 1260. The molecule has 188 valence electrons. The molecule has 3 rings (SSSR count). The van der Waals surface area contributed by atoms with E-state index in [9.17, 15) is 13.2 Å². The van der Waals surface area contributed by atoms with Crippen LogP contribution in [0.4, 0.5) is 28.8 Å². The number of benzene rings is 1. The Hall–Kier alpha value is -2.73. The van der Waals surface area contributed by atoms with E-state index in [1.165, 1.54) is 6.20 Å². The van der Waals surface area contributed by atoms with E-state index in [2.05, 4.69) is 32.8 Å². The van der Waals surface area contributed by atoms with Crippen LogP contribution < -0.4 is 16.0 Å². The third-order valence-electron chi connectivity index (χ3n) is 4.95. The van der Waals surface area contributed by atoms with Crippen molar-refractivity contribution in [2.75, 3.05) is 36.1 Å². The quantitative estimate of drug-likeness (QED) is 0.308. The van der Waals surface area contributed by atoms with Crippen molar-refractivity contribution in [1.29, 1.82) is 0 Å². The lowest BCUT2D eigenvalue weighted by Gasteiger charge is -2.15. The highest BCUT2D eigenvalue weighted by Gasteiger charge is 2.25. The van der Waals surface area contributed by atoms with Gasteiger partial charge in [0.2, 0.25) is 11.9 Å². The zero-order valence-electron chi connectivity index (χ0n) is 20.0. The van der Waals surface area contributed by atoms with E-state index >= 15 is 0 Å². The maximum atomic E-state index is 12.6. The lowest BCUT2D eigenvalue weighted by molar-refractivity contribution is -0.117. The van der Waals surface area contributed by atoms with Crippen molar-refractivity contribution >= 4 is 67.5 Å². The normalized spacial score (nSPS) is 11.6. The predicted molar refractivity (Wildman–Crippen MR) is 143 cm³/mol. The number of likely N-dealkylation sites (N-methyl/N-ethyl adjacent to an activating group) is 1. The second kappa shape index (κ2) is 11.8. The van der Waals surface area contributed by atoms with Gasteiger partial charge in [0.15, 0.2) is 15.7 Å². The van der Waals surface area contributed by atoms with Crippen LogP contribution in [-0.4, -0.2) is 54.6 Å². The Morgan fingerprint density at radius 1 is 1.14 bits per heavy atom. The fourth-order valence-corrected chi connectivity index (χ4v) is 5.98. The lowest BCUT2D eigenvalue weighted by atomic mass is 10.2. The molecule has 0 saturated carbocycles. The van der Waals surface area contributed by atoms with E-state index in [0.29, 0.717) is 23.6 Å². The van der Waals surface area contributed by atoms with Gasteiger partial charge in [-0.15, -0.1) is 11.3 Å². The van der Waals surface area contributed by atoms with Crippen molar-refractivity contribution in [3.63, 3.8) is 0 Å². The number of halogens is 1. The predicted octanol–water partition coefficient (Wildman–Crippen LogP) is 5.14. The molecule has 12 heteroatoms. The molecule has 0 atom stereocenters. The van der Waals surface area contributed by atoms with Crippen molar-refractivity contribution in [3.05, 3.63) is 46.9 Å². The largest absolute Gasteiger partial charge is 0.337 e. The Labute approximate surface area is 214 Å². The molecule has 0 fully saturated rings. The zero-order valence-corrected chi connectivity index (χ0v) is 22.4. The minimum atomic E-state index is -3.46. The molecule has 2 heterocycles. The van der Waals surface area contributed by atoms with Gasteiger partial charge < -0.3 is 16.0 Å². The number of carbonyl (C=O) groups is 1. The van der Waals surface area contributed by atoms with Crippen LogP contribution in [0.15, 0.2) is 46.1 Å². The number of hydrogen-bond donors (Lipinski definition) is 3. The second-order valence-corrected chi connectivity index (χ2v) is 12.2. The third-order valence-corrected chi connectivity index (χ3v) is 8.90. The van der Waals surface area contributed by atoms with Crippen molar-refractivity contribution in [1.82, 2.24) is 14.9 Å². The highest BCUT2D eigenvalue weighted by Crippen LogP contribution is 2.34. The highest BCUT2D eigenvalue weighted by atomic mass is 35.5. The van der Waals surface area contributed by atoms with Crippen LogP contribution in [0.25, 0.3) is 0 Å². The molecule has 9 nitrogen and oxygen atoms in total. The number of thiophene rings is 1. The summed E-state index contributed by atoms with van der Waals surface area (Å²) in [5.74, 6) is 0.479. The molecule has 35 heavy (non-hydrogen) atoms. The summed E-state index contributed by atoms with van der Waals surface area (Å²) in [5.41, 5.74) is 1.80. The van der Waals surface area contributed by atoms with Crippen molar-refractivity contribution in [2.45, 2.75) is 36.7 Å². The minimum Gasteiger partial charge on any atom is -0.337 e. The minimum absolute atomic E-state index is 0.0781. The number of sulfone groups is 1. The van der Waals surface area contributed by atoms with E-state index < -0.39 is 15.1 Å². The molecule has 0 radical (unpaired) electrons. The van der Waals surface area contributed by atoms with Crippen LogP contribution in [0.3, 0.4) is 0 Å². The molecule has 0 unspecified atom stereocenters. The fraction of sp³-hybridized carbons (Fsp3) is 0.348. The molecule has 2 aromatic heterocycles. The van der Waals surface area contributed by atoms with Crippen LogP contribution in [-0.2, 0) is 14.6 Å². The van der Waals surface area contributed by atoms with Gasteiger partial charge in [-0.2, -0.15) is 4.98 Å². The fourth-order valence-electron chi connectivity index (χ4n) is 3.14. The average Bonchev–Trinajstić information content (AvgIpc) is 3.26. The summed E-state index contributed by atoms with van der Waals surface area (Å²) in [5, 5.41) is 10.4. The summed E-state index contributed by atoms with van der Waals surface area (Å²) >= 11 is 7.41. The number of nitrogens with zero attached hydrogens (tertiary/aromatic N) is 3. The van der Waals surface area contributed by atoms with Gasteiger partial charge in [-0.1, -0.05) is 18.5 Å². The second-order valence-electron chi connectivity index (χ2n) is 8.22. The summed E-state index contributed by atoms with van der Waals surface area (Å²) in [6, 6.07) is 8.83. The molecule has 1 aromatic carbocycles. The van der Waals surface area contributed by atoms with Crippen LogP contribution in [0.5, 0.6) is 0 Å². The highest BCUT2D eigenvalue weighted by molar-refractivity contribution is 7.94. The zero-order chi connectivity index (χ0) is 25.6. The van der Waals surface area contributed by atoms with Crippen molar-refractivity contribution in [2.24, 2.45) is 0 Å². The summed E-state index contributed by atoms with van der Waals surface area (Å²) in [4.78, 5) is 22.7. The Morgan fingerprint density at radius 3 is 2.49 bits per heavy atom. The van der Waals surface area contributed by atoms with Crippen molar-refractivity contribution < 1.29 is 13.2 Å². The van der Waals surface area contributed by atoms with Crippen LogP contribution in [0, 0.1) is 0 Å². The maximum Gasteiger partial charge on any atom is 0.238 e. The number of amides is 1.